The standard InChI is InChI=1S/C7H8N6/c8-5-3-1-2-4(10-5)6-11-7(9)13-12-6/h1-3H,(H2,8,10)(H3,9,11,12,13)/p+1. The molecule has 0 saturated carbocycles. The Kier molecular flexibility index (Phi) is 1.59. The fourth-order valence-corrected chi connectivity index (χ4v) is 1.01. The maximum Gasteiger partial charge on any atom is 0.373 e. The van der Waals surface area contributed by atoms with Crippen molar-refractivity contribution < 1.29 is 4.98 Å². The van der Waals surface area contributed by atoms with Crippen molar-refractivity contribution in [3.63, 3.8) is 0 Å². The van der Waals surface area contributed by atoms with Gasteiger partial charge < -0.3 is 11.5 Å². The van der Waals surface area contributed by atoms with E-state index in [1.807, 2.05) is 6.07 Å². The van der Waals surface area contributed by atoms with Crippen LogP contribution in [0, 0.1) is 0 Å². The first-order valence-corrected chi connectivity index (χ1v) is 3.72. The average molecular weight is 177 g/mol. The monoisotopic (exact) mass is 177 g/mol. The summed E-state index contributed by atoms with van der Waals surface area (Å²) in [7, 11) is 0. The molecule has 0 amide bonds. The zero-order chi connectivity index (χ0) is 9.26. The van der Waals surface area contributed by atoms with E-state index >= 15 is 0 Å². The first-order valence-electron chi connectivity index (χ1n) is 3.72. The summed E-state index contributed by atoms with van der Waals surface area (Å²) in [5, 5.41) is 6.44. The van der Waals surface area contributed by atoms with Crippen LogP contribution in [0.25, 0.3) is 11.5 Å². The number of hydrogen-bond acceptors (Lipinski definition) is 4. The maximum absolute atomic E-state index is 5.51. The first kappa shape index (κ1) is 7.53. The second-order valence-corrected chi connectivity index (χ2v) is 2.56. The third-order valence-electron chi connectivity index (χ3n) is 1.57. The van der Waals surface area contributed by atoms with Crippen molar-refractivity contribution in [3.05, 3.63) is 18.2 Å². The molecule has 0 aliphatic carbocycles. The van der Waals surface area contributed by atoms with E-state index in [1.165, 1.54) is 0 Å². The molecule has 0 unspecified atom stereocenters. The lowest BCUT2D eigenvalue weighted by molar-refractivity contribution is -0.347. The van der Waals surface area contributed by atoms with Crippen molar-refractivity contribution >= 4 is 11.8 Å². The number of aromatic amines is 2. The Morgan fingerprint density at radius 3 is 2.77 bits per heavy atom. The molecule has 0 aliphatic rings. The molecule has 2 aromatic heterocycles. The highest BCUT2D eigenvalue weighted by molar-refractivity contribution is 5.49. The Morgan fingerprint density at radius 2 is 2.15 bits per heavy atom. The second kappa shape index (κ2) is 2.74. The van der Waals surface area contributed by atoms with Gasteiger partial charge in [-0.1, -0.05) is 6.07 Å². The van der Waals surface area contributed by atoms with Crippen LogP contribution < -0.4 is 16.5 Å². The summed E-state index contributed by atoms with van der Waals surface area (Å²) in [5.74, 6) is 1.42. The van der Waals surface area contributed by atoms with Crippen LogP contribution in [0.1, 0.15) is 0 Å². The fraction of sp³-hybridized carbons (Fsp3) is 0. The molecule has 2 rings (SSSR count). The summed E-state index contributed by atoms with van der Waals surface area (Å²) in [5.41, 5.74) is 11.6. The number of aromatic nitrogens is 4. The topological polar surface area (TPSA) is 108 Å². The molecule has 6 N–H and O–H groups in total. The Balaban J connectivity index is 2.46. The van der Waals surface area contributed by atoms with E-state index < -0.39 is 0 Å². The van der Waals surface area contributed by atoms with Crippen LogP contribution in [-0.2, 0) is 0 Å². The van der Waals surface area contributed by atoms with Crippen LogP contribution in [0.3, 0.4) is 0 Å². The molecule has 0 atom stereocenters. The van der Waals surface area contributed by atoms with Crippen LogP contribution >= 0.6 is 0 Å². The Morgan fingerprint density at radius 1 is 1.31 bits per heavy atom. The van der Waals surface area contributed by atoms with Crippen LogP contribution in [0.4, 0.5) is 11.8 Å². The summed E-state index contributed by atoms with van der Waals surface area (Å²) in [4.78, 5) is 6.89. The van der Waals surface area contributed by atoms with Crippen molar-refractivity contribution in [2.45, 2.75) is 0 Å². The molecule has 0 aromatic carbocycles. The Labute approximate surface area is 74.0 Å². The van der Waals surface area contributed by atoms with Crippen molar-refractivity contribution in [1.29, 1.82) is 0 Å². The quantitative estimate of drug-likeness (QED) is 0.543. The van der Waals surface area contributed by atoms with Gasteiger partial charge in [-0.05, 0) is 12.1 Å². The normalized spacial score (nSPS) is 10.2. The van der Waals surface area contributed by atoms with Gasteiger partial charge in [0.15, 0.2) is 0 Å². The molecule has 6 nitrogen and oxygen atoms in total. The predicted octanol–water partition coefficient (Wildman–Crippen LogP) is -0.550. The van der Waals surface area contributed by atoms with Crippen LogP contribution in [0.2, 0.25) is 0 Å². The highest BCUT2D eigenvalue weighted by Crippen LogP contribution is 2.09. The summed E-state index contributed by atoms with van der Waals surface area (Å²) >= 11 is 0. The Hall–Kier alpha value is -2.11. The second-order valence-electron chi connectivity index (χ2n) is 2.56. The number of nitrogen functional groups attached to an aromatic ring is 2. The molecule has 0 saturated heterocycles. The van der Waals surface area contributed by atoms with E-state index in [4.69, 9.17) is 11.5 Å². The minimum Gasteiger partial charge on any atom is -0.384 e. The molecule has 0 aliphatic heterocycles. The largest absolute Gasteiger partial charge is 0.384 e. The highest BCUT2D eigenvalue weighted by Gasteiger charge is 2.08. The van der Waals surface area contributed by atoms with Crippen LogP contribution in [-0.4, -0.2) is 15.2 Å². The lowest BCUT2D eigenvalue weighted by Crippen LogP contribution is -2.09. The summed E-state index contributed by atoms with van der Waals surface area (Å²) in [6.07, 6.45) is 0. The van der Waals surface area contributed by atoms with Gasteiger partial charge in [0.25, 0.3) is 5.82 Å². The number of H-pyrrole nitrogens is 2. The van der Waals surface area contributed by atoms with Crippen molar-refractivity contribution in [3.8, 4) is 11.5 Å². The molecule has 0 fully saturated rings. The molecule has 0 bridgehead atoms. The molecule has 6 heteroatoms. The molecular formula is C7H9N6+. The molecule has 0 radical (unpaired) electrons. The third-order valence-corrected chi connectivity index (χ3v) is 1.57. The molecule has 13 heavy (non-hydrogen) atoms. The third kappa shape index (κ3) is 1.41. The van der Waals surface area contributed by atoms with Gasteiger partial charge >= 0.3 is 5.95 Å². The Bertz CT molecular complexity index is 420. The van der Waals surface area contributed by atoms with Crippen molar-refractivity contribution in [1.82, 2.24) is 15.2 Å². The van der Waals surface area contributed by atoms with E-state index in [9.17, 15) is 0 Å². The van der Waals surface area contributed by atoms with Gasteiger partial charge in [-0.2, -0.15) is 5.10 Å². The van der Waals surface area contributed by atoms with Gasteiger partial charge in [-0.3, -0.25) is 0 Å². The first-order chi connectivity index (χ1) is 6.25. The number of nitrogens with two attached hydrogens (primary N) is 2. The minimum absolute atomic E-state index is 0.319. The number of anilines is 2. The SMILES string of the molecule is Nc1cccc(-c2[nH]nc(N)[nH+]2)n1. The number of nitrogens with one attached hydrogen (secondary N) is 2. The molecule has 2 heterocycles. The number of hydrogen-bond donors (Lipinski definition) is 3. The van der Waals surface area contributed by atoms with E-state index in [1.54, 1.807) is 12.1 Å². The smallest absolute Gasteiger partial charge is 0.373 e. The highest BCUT2D eigenvalue weighted by atomic mass is 15.3. The zero-order valence-corrected chi connectivity index (χ0v) is 6.78. The zero-order valence-electron chi connectivity index (χ0n) is 6.78. The van der Waals surface area contributed by atoms with Gasteiger partial charge in [-0.15, -0.1) is 0 Å². The molecule has 66 valence electrons. The van der Waals surface area contributed by atoms with E-state index in [2.05, 4.69) is 20.2 Å². The van der Waals surface area contributed by atoms with Gasteiger partial charge in [0.05, 0.1) is 0 Å². The fourth-order valence-electron chi connectivity index (χ4n) is 1.01. The van der Waals surface area contributed by atoms with Crippen molar-refractivity contribution in [2.24, 2.45) is 0 Å². The predicted molar refractivity (Wildman–Crippen MR) is 47.2 cm³/mol. The summed E-state index contributed by atoms with van der Waals surface area (Å²) in [6, 6.07) is 5.32. The van der Waals surface area contributed by atoms with E-state index in [0.29, 0.717) is 23.3 Å². The lowest BCUT2D eigenvalue weighted by atomic mass is 10.3. The summed E-state index contributed by atoms with van der Waals surface area (Å²) in [6.45, 7) is 0. The maximum atomic E-state index is 5.51. The molecule has 0 spiro atoms. The molecular weight excluding hydrogens is 168 g/mol. The van der Waals surface area contributed by atoms with E-state index in [0.717, 1.165) is 0 Å². The van der Waals surface area contributed by atoms with Crippen LogP contribution in [0.5, 0.6) is 0 Å². The van der Waals surface area contributed by atoms with Gasteiger partial charge in [0.2, 0.25) is 0 Å². The van der Waals surface area contributed by atoms with Crippen LogP contribution in [0.15, 0.2) is 18.2 Å². The van der Waals surface area contributed by atoms with Gasteiger partial charge in [0, 0.05) is 5.10 Å². The van der Waals surface area contributed by atoms with Gasteiger partial charge in [-0.25, -0.2) is 9.97 Å². The number of rotatable bonds is 1. The van der Waals surface area contributed by atoms with Gasteiger partial charge in [0.1, 0.15) is 11.5 Å². The average Bonchev–Trinajstić information content (AvgIpc) is 2.52. The lowest BCUT2D eigenvalue weighted by Gasteiger charge is -1.93. The summed E-state index contributed by atoms with van der Waals surface area (Å²) < 4.78 is 0. The van der Waals surface area contributed by atoms with Crippen molar-refractivity contribution in [2.75, 3.05) is 11.5 Å². The molecule has 2 aromatic rings. The number of pyridine rings is 1. The minimum atomic E-state index is 0.319. The van der Waals surface area contributed by atoms with E-state index in [-0.39, 0.29) is 0 Å². The number of nitrogens with zero attached hydrogens (tertiary/aromatic N) is 2.